The first-order valence-corrected chi connectivity index (χ1v) is 11.4. The van der Waals surface area contributed by atoms with Crippen LogP contribution in [-0.2, 0) is 15.6 Å². The topological polar surface area (TPSA) is 160 Å². The van der Waals surface area contributed by atoms with Crippen LogP contribution in [0.4, 0.5) is 17.1 Å². The van der Waals surface area contributed by atoms with Crippen LogP contribution in [0.1, 0.15) is 45.0 Å². The lowest BCUT2D eigenvalue weighted by atomic mass is 9.63. The number of nitrogens with zero attached hydrogens (tertiary/aromatic N) is 4. The maximum atomic E-state index is 14.1. The van der Waals surface area contributed by atoms with Gasteiger partial charge in [0.2, 0.25) is 12.7 Å². The Morgan fingerprint density at radius 3 is 2.33 bits per heavy atom. The zero-order valence-electron chi connectivity index (χ0n) is 19.7. The summed E-state index contributed by atoms with van der Waals surface area (Å²) < 4.78 is 10.6. The second-order valence-corrected chi connectivity index (χ2v) is 10.1. The summed E-state index contributed by atoms with van der Waals surface area (Å²) in [7, 11) is 0. The molecule has 0 saturated heterocycles. The zero-order chi connectivity index (χ0) is 25.6. The fraction of sp³-hybridized carbons (Fsp3) is 0.375. The standard InChI is InChI=1S/C24H21N5O7/c1-22(2)23(3)6-7-24(22,20-19(23)25-13-5-4-12(28(31)32)8-14(13)26-20)21(30)27-15-9-17-18(36-11-35-17)10-16(15)29(33)34/h4-5,8-10H,6-7,11H2,1-3H3,(H,27,30). The number of aromatic nitrogens is 2. The van der Waals surface area contributed by atoms with E-state index in [0.29, 0.717) is 41.0 Å². The van der Waals surface area contributed by atoms with Crippen LogP contribution in [0.2, 0.25) is 0 Å². The number of amides is 1. The van der Waals surface area contributed by atoms with Crippen molar-refractivity contribution < 1.29 is 24.1 Å². The van der Waals surface area contributed by atoms with Crippen molar-refractivity contribution in [2.75, 3.05) is 12.1 Å². The molecule has 2 aromatic carbocycles. The molecule has 1 amide bonds. The molecule has 12 nitrogen and oxygen atoms in total. The maximum Gasteiger partial charge on any atom is 0.296 e. The third kappa shape index (κ3) is 2.55. The summed E-state index contributed by atoms with van der Waals surface area (Å²) >= 11 is 0. The third-order valence-corrected chi connectivity index (χ3v) is 8.56. The highest BCUT2D eigenvalue weighted by atomic mass is 16.7. The quantitative estimate of drug-likeness (QED) is 0.418. The fourth-order valence-electron chi connectivity index (χ4n) is 6.12. The first-order valence-electron chi connectivity index (χ1n) is 11.4. The van der Waals surface area contributed by atoms with Crippen molar-refractivity contribution in [1.29, 1.82) is 0 Å². The van der Waals surface area contributed by atoms with E-state index in [1.54, 1.807) is 6.07 Å². The number of carbonyl (C=O) groups is 1. The first kappa shape index (κ1) is 22.1. The lowest BCUT2D eigenvalue weighted by Crippen LogP contribution is -2.48. The number of non-ortho nitro benzene ring substituents is 1. The van der Waals surface area contributed by atoms with Gasteiger partial charge in [0.25, 0.3) is 11.4 Å². The molecule has 2 aliphatic carbocycles. The summed E-state index contributed by atoms with van der Waals surface area (Å²) in [6, 6.07) is 6.91. The molecule has 6 rings (SSSR count). The van der Waals surface area contributed by atoms with Crippen LogP contribution < -0.4 is 14.8 Å². The number of nitro benzene ring substituents is 2. The highest BCUT2D eigenvalue weighted by Gasteiger charge is 2.73. The normalized spacial score (nSPS) is 24.5. The monoisotopic (exact) mass is 491 g/mol. The van der Waals surface area contributed by atoms with Gasteiger partial charge in [0.1, 0.15) is 5.69 Å². The molecule has 36 heavy (non-hydrogen) atoms. The smallest absolute Gasteiger partial charge is 0.296 e. The molecule has 1 N–H and O–H groups in total. The average molecular weight is 491 g/mol. The number of nitro groups is 2. The van der Waals surface area contributed by atoms with E-state index in [-0.39, 0.29) is 29.6 Å². The molecule has 184 valence electrons. The highest BCUT2D eigenvalue weighted by molar-refractivity contribution is 6.03. The van der Waals surface area contributed by atoms with E-state index >= 15 is 0 Å². The van der Waals surface area contributed by atoms with Gasteiger partial charge in [-0.1, -0.05) is 20.8 Å². The highest BCUT2D eigenvalue weighted by Crippen LogP contribution is 2.70. The van der Waals surface area contributed by atoms with Crippen LogP contribution in [0.3, 0.4) is 0 Å². The second-order valence-electron chi connectivity index (χ2n) is 10.1. The van der Waals surface area contributed by atoms with Gasteiger partial charge in [-0.3, -0.25) is 25.0 Å². The Labute approximate surface area is 203 Å². The van der Waals surface area contributed by atoms with Crippen molar-refractivity contribution in [3.63, 3.8) is 0 Å². The Morgan fingerprint density at radius 1 is 0.944 bits per heavy atom. The summed E-state index contributed by atoms with van der Waals surface area (Å²) in [5, 5.41) is 25.9. The molecule has 3 aliphatic rings. The molecule has 2 atom stereocenters. The molecule has 12 heteroatoms. The molecular weight excluding hydrogens is 470 g/mol. The van der Waals surface area contributed by atoms with Crippen molar-refractivity contribution >= 4 is 34.0 Å². The Balaban J connectivity index is 1.51. The molecule has 2 heterocycles. The minimum atomic E-state index is -1.16. The fourth-order valence-corrected chi connectivity index (χ4v) is 6.12. The van der Waals surface area contributed by atoms with E-state index in [0.717, 1.165) is 0 Å². The lowest BCUT2D eigenvalue weighted by Gasteiger charge is -2.39. The van der Waals surface area contributed by atoms with Crippen LogP contribution in [0, 0.1) is 25.6 Å². The number of hydrogen-bond donors (Lipinski definition) is 1. The van der Waals surface area contributed by atoms with Crippen molar-refractivity contribution in [1.82, 2.24) is 9.97 Å². The van der Waals surface area contributed by atoms with Gasteiger partial charge in [-0.2, -0.15) is 0 Å². The van der Waals surface area contributed by atoms with Crippen molar-refractivity contribution in [3.8, 4) is 11.5 Å². The number of carbonyl (C=O) groups excluding carboxylic acids is 1. The SMILES string of the molecule is CC12CCC(C(=O)Nc3cc4c(cc3[N+](=O)[O-])OCO4)(c3nc4cc([N+](=O)[O-])ccc4nc31)C2(C)C. The first-order chi connectivity index (χ1) is 17.0. The molecule has 1 saturated carbocycles. The van der Waals surface area contributed by atoms with E-state index in [2.05, 4.69) is 5.32 Å². The Kier molecular flexibility index (Phi) is 4.22. The van der Waals surface area contributed by atoms with E-state index in [1.807, 2.05) is 20.8 Å². The summed E-state index contributed by atoms with van der Waals surface area (Å²) in [5.74, 6) is 0.0848. The van der Waals surface area contributed by atoms with Gasteiger partial charge in [0, 0.05) is 23.6 Å². The Bertz CT molecular complexity index is 1540. The predicted molar refractivity (Wildman–Crippen MR) is 126 cm³/mol. The molecule has 1 aromatic heterocycles. The maximum absolute atomic E-state index is 14.1. The Morgan fingerprint density at radius 2 is 1.64 bits per heavy atom. The molecular formula is C24H21N5O7. The minimum Gasteiger partial charge on any atom is -0.454 e. The number of ether oxygens (including phenoxy) is 2. The molecule has 2 bridgehead atoms. The Hall–Kier alpha value is -4.35. The van der Waals surface area contributed by atoms with Gasteiger partial charge in [0.05, 0.1) is 43.7 Å². The molecule has 1 aliphatic heterocycles. The van der Waals surface area contributed by atoms with Crippen LogP contribution in [0.15, 0.2) is 30.3 Å². The van der Waals surface area contributed by atoms with Gasteiger partial charge in [0.15, 0.2) is 11.5 Å². The van der Waals surface area contributed by atoms with Gasteiger partial charge in [-0.15, -0.1) is 0 Å². The van der Waals surface area contributed by atoms with Gasteiger partial charge in [-0.25, -0.2) is 9.97 Å². The summed E-state index contributed by atoms with van der Waals surface area (Å²) in [5.41, 5.74) is -0.809. The number of rotatable bonds is 4. The van der Waals surface area contributed by atoms with E-state index in [9.17, 15) is 25.0 Å². The molecule has 0 spiro atoms. The number of fused-ring (bicyclic) bond motifs is 7. The number of hydrogen-bond acceptors (Lipinski definition) is 9. The van der Waals surface area contributed by atoms with Crippen LogP contribution in [0.5, 0.6) is 11.5 Å². The number of benzene rings is 2. The molecule has 3 aromatic rings. The number of anilines is 1. The van der Waals surface area contributed by atoms with Crippen LogP contribution >= 0.6 is 0 Å². The predicted octanol–water partition coefficient (Wildman–Crippen LogP) is 4.14. The van der Waals surface area contributed by atoms with Crippen LogP contribution in [0.25, 0.3) is 11.0 Å². The largest absolute Gasteiger partial charge is 0.454 e. The molecule has 2 unspecified atom stereocenters. The second kappa shape index (κ2) is 6.86. The third-order valence-electron chi connectivity index (χ3n) is 8.56. The van der Waals surface area contributed by atoms with E-state index < -0.39 is 32.0 Å². The van der Waals surface area contributed by atoms with Crippen molar-refractivity contribution in [3.05, 3.63) is 61.9 Å². The molecule has 1 fully saturated rings. The zero-order valence-corrected chi connectivity index (χ0v) is 19.7. The van der Waals surface area contributed by atoms with Gasteiger partial charge >= 0.3 is 0 Å². The summed E-state index contributed by atoms with van der Waals surface area (Å²) in [4.78, 5) is 45.7. The van der Waals surface area contributed by atoms with E-state index in [1.165, 1.54) is 24.3 Å². The summed E-state index contributed by atoms with van der Waals surface area (Å²) in [6.07, 6.45) is 1.11. The van der Waals surface area contributed by atoms with Gasteiger partial charge in [-0.05, 0) is 24.3 Å². The van der Waals surface area contributed by atoms with Crippen LogP contribution in [-0.4, -0.2) is 32.5 Å². The van der Waals surface area contributed by atoms with Crippen molar-refractivity contribution in [2.45, 2.75) is 44.4 Å². The summed E-state index contributed by atoms with van der Waals surface area (Å²) in [6.45, 7) is 5.93. The molecule has 0 radical (unpaired) electrons. The number of nitrogens with one attached hydrogen (secondary N) is 1. The van der Waals surface area contributed by atoms with Crippen molar-refractivity contribution in [2.24, 2.45) is 5.41 Å². The minimum absolute atomic E-state index is 0.00846. The van der Waals surface area contributed by atoms with E-state index in [4.69, 9.17) is 19.4 Å². The average Bonchev–Trinajstić information content (AvgIpc) is 3.41. The lowest BCUT2D eigenvalue weighted by molar-refractivity contribution is -0.384. The van der Waals surface area contributed by atoms with Gasteiger partial charge < -0.3 is 14.8 Å².